The van der Waals surface area contributed by atoms with E-state index in [1.807, 2.05) is 31.2 Å². The first kappa shape index (κ1) is 18.7. The van der Waals surface area contributed by atoms with Gasteiger partial charge in [0.25, 0.3) is 5.91 Å². The van der Waals surface area contributed by atoms with Crippen LogP contribution in [0.2, 0.25) is 0 Å². The number of hydrogen-bond acceptors (Lipinski definition) is 5. The standard InChI is InChI=1S/C17H21N3O4S/c1-4-24-16-9-6-5-8-13(16)15-12-14(19-20(15)2)17(21)18-10-7-11-25(3,22)23/h5-9,11-12H,4,10H2,1-3H3,(H,18,21)/b11-7+. The van der Waals surface area contributed by atoms with E-state index in [-0.39, 0.29) is 18.1 Å². The number of amides is 1. The van der Waals surface area contributed by atoms with Gasteiger partial charge in [-0.1, -0.05) is 18.2 Å². The number of aromatic nitrogens is 2. The Kier molecular flexibility index (Phi) is 5.97. The molecule has 1 amide bonds. The van der Waals surface area contributed by atoms with E-state index in [0.29, 0.717) is 6.61 Å². The van der Waals surface area contributed by atoms with Crippen molar-refractivity contribution in [3.05, 3.63) is 47.5 Å². The minimum Gasteiger partial charge on any atom is -0.493 e. The number of sulfone groups is 1. The van der Waals surface area contributed by atoms with Crippen LogP contribution in [0, 0.1) is 0 Å². The van der Waals surface area contributed by atoms with Gasteiger partial charge in [-0.15, -0.1) is 0 Å². The molecule has 0 aliphatic carbocycles. The maximum Gasteiger partial charge on any atom is 0.272 e. The number of benzene rings is 1. The third-order valence-electron chi connectivity index (χ3n) is 3.30. The Balaban J connectivity index is 2.17. The molecular formula is C17H21N3O4S. The average molecular weight is 363 g/mol. The predicted molar refractivity (Wildman–Crippen MR) is 96.1 cm³/mol. The molecule has 2 rings (SSSR count). The fraction of sp³-hybridized carbons (Fsp3) is 0.294. The number of nitrogens with one attached hydrogen (secondary N) is 1. The number of para-hydroxylation sites is 1. The van der Waals surface area contributed by atoms with Crippen LogP contribution in [-0.4, -0.2) is 43.5 Å². The van der Waals surface area contributed by atoms with E-state index in [4.69, 9.17) is 4.74 Å². The molecule has 0 atom stereocenters. The van der Waals surface area contributed by atoms with Gasteiger partial charge in [-0.3, -0.25) is 9.48 Å². The van der Waals surface area contributed by atoms with Crippen molar-refractivity contribution in [3.63, 3.8) is 0 Å². The summed E-state index contributed by atoms with van der Waals surface area (Å²) in [7, 11) is -1.45. The molecule has 25 heavy (non-hydrogen) atoms. The molecule has 0 aliphatic heterocycles. The number of hydrogen-bond donors (Lipinski definition) is 1. The summed E-state index contributed by atoms with van der Waals surface area (Å²) in [6.45, 7) is 2.55. The summed E-state index contributed by atoms with van der Waals surface area (Å²) in [6, 6.07) is 9.21. The lowest BCUT2D eigenvalue weighted by atomic mass is 10.1. The molecule has 7 nitrogen and oxygen atoms in total. The molecule has 1 aromatic heterocycles. The summed E-state index contributed by atoms with van der Waals surface area (Å²) >= 11 is 0. The van der Waals surface area contributed by atoms with E-state index >= 15 is 0 Å². The van der Waals surface area contributed by atoms with Crippen LogP contribution >= 0.6 is 0 Å². The summed E-state index contributed by atoms with van der Waals surface area (Å²) in [5.74, 6) is 0.338. The minimum absolute atomic E-state index is 0.105. The lowest BCUT2D eigenvalue weighted by Crippen LogP contribution is -2.24. The maximum atomic E-state index is 12.2. The Morgan fingerprint density at radius 3 is 2.76 bits per heavy atom. The van der Waals surface area contributed by atoms with Crippen molar-refractivity contribution < 1.29 is 17.9 Å². The van der Waals surface area contributed by atoms with Gasteiger partial charge in [0.05, 0.1) is 12.3 Å². The van der Waals surface area contributed by atoms with Crippen molar-refractivity contribution >= 4 is 15.7 Å². The second-order valence-corrected chi connectivity index (χ2v) is 7.31. The molecule has 8 heteroatoms. The van der Waals surface area contributed by atoms with Crippen LogP contribution in [-0.2, 0) is 16.9 Å². The van der Waals surface area contributed by atoms with Crippen LogP contribution in [0.1, 0.15) is 17.4 Å². The normalized spacial score (nSPS) is 11.6. The lowest BCUT2D eigenvalue weighted by molar-refractivity contribution is 0.0952. The molecule has 1 N–H and O–H groups in total. The summed E-state index contributed by atoms with van der Waals surface area (Å²) in [6.07, 6.45) is 2.47. The number of nitrogens with zero attached hydrogens (tertiary/aromatic N) is 2. The lowest BCUT2D eigenvalue weighted by Gasteiger charge is -2.09. The van der Waals surface area contributed by atoms with Crippen molar-refractivity contribution in [2.24, 2.45) is 7.05 Å². The summed E-state index contributed by atoms with van der Waals surface area (Å²) < 4.78 is 29.2. The molecule has 0 radical (unpaired) electrons. The van der Waals surface area contributed by atoms with E-state index in [1.165, 1.54) is 6.08 Å². The Morgan fingerprint density at radius 1 is 1.36 bits per heavy atom. The predicted octanol–water partition coefficient (Wildman–Crippen LogP) is 1.77. The first-order chi connectivity index (χ1) is 11.8. The minimum atomic E-state index is -3.20. The zero-order chi connectivity index (χ0) is 18.4. The van der Waals surface area contributed by atoms with Gasteiger partial charge in [0.1, 0.15) is 5.75 Å². The van der Waals surface area contributed by atoms with E-state index < -0.39 is 9.84 Å². The summed E-state index contributed by atoms with van der Waals surface area (Å²) in [5.41, 5.74) is 1.84. The van der Waals surface area contributed by atoms with Gasteiger partial charge < -0.3 is 10.1 Å². The van der Waals surface area contributed by atoms with Crippen LogP contribution < -0.4 is 10.1 Å². The molecule has 1 heterocycles. The third kappa shape index (κ3) is 5.18. The van der Waals surface area contributed by atoms with E-state index in [1.54, 1.807) is 17.8 Å². The second-order valence-electron chi connectivity index (χ2n) is 5.38. The smallest absolute Gasteiger partial charge is 0.272 e. The maximum absolute atomic E-state index is 12.2. The van der Waals surface area contributed by atoms with Gasteiger partial charge in [0.15, 0.2) is 15.5 Å². The van der Waals surface area contributed by atoms with Crippen molar-refractivity contribution in [3.8, 4) is 17.0 Å². The Labute approximate surface area is 147 Å². The van der Waals surface area contributed by atoms with Crippen LogP contribution in [0.25, 0.3) is 11.3 Å². The van der Waals surface area contributed by atoms with Crippen LogP contribution in [0.3, 0.4) is 0 Å². The summed E-state index contributed by atoms with van der Waals surface area (Å²) in [4.78, 5) is 12.2. The molecule has 0 bridgehead atoms. The summed E-state index contributed by atoms with van der Waals surface area (Å²) in [5, 5.41) is 7.88. The second kappa shape index (κ2) is 7.98. The van der Waals surface area contributed by atoms with E-state index in [9.17, 15) is 13.2 Å². The molecule has 1 aromatic carbocycles. The van der Waals surface area contributed by atoms with Gasteiger partial charge in [0.2, 0.25) is 0 Å². The average Bonchev–Trinajstić information content (AvgIpc) is 2.93. The molecule has 0 unspecified atom stereocenters. The SMILES string of the molecule is CCOc1ccccc1-c1cc(C(=O)NC/C=C/S(C)(=O)=O)nn1C. The largest absolute Gasteiger partial charge is 0.493 e. The first-order valence-corrected chi connectivity index (χ1v) is 9.68. The fourth-order valence-corrected chi connectivity index (χ4v) is 2.70. The Morgan fingerprint density at radius 2 is 2.08 bits per heavy atom. The number of carbonyl (C=O) groups is 1. The third-order valence-corrected chi connectivity index (χ3v) is 3.99. The topological polar surface area (TPSA) is 90.3 Å². The zero-order valence-electron chi connectivity index (χ0n) is 14.4. The monoisotopic (exact) mass is 363 g/mol. The molecule has 0 saturated carbocycles. The van der Waals surface area contributed by atoms with Gasteiger partial charge >= 0.3 is 0 Å². The van der Waals surface area contributed by atoms with Crippen LogP contribution in [0.4, 0.5) is 0 Å². The van der Waals surface area contributed by atoms with Crippen molar-refractivity contribution in [2.45, 2.75) is 6.92 Å². The Hall–Kier alpha value is -2.61. The molecule has 0 aliphatic rings. The van der Waals surface area contributed by atoms with Crippen molar-refractivity contribution in [1.82, 2.24) is 15.1 Å². The number of carbonyl (C=O) groups excluding carboxylic acids is 1. The number of aryl methyl sites for hydroxylation is 1. The first-order valence-electron chi connectivity index (χ1n) is 7.73. The molecule has 0 spiro atoms. The fourth-order valence-electron chi connectivity index (χ4n) is 2.25. The molecule has 2 aromatic rings. The van der Waals surface area contributed by atoms with Crippen molar-refractivity contribution in [2.75, 3.05) is 19.4 Å². The van der Waals surface area contributed by atoms with Crippen molar-refractivity contribution in [1.29, 1.82) is 0 Å². The van der Waals surface area contributed by atoms with E-state index in [2.05, 4.69) is 10.4 Å². The van der Waals surface area contributed by atoms with Gasteiger partial charge in [-0.25, -0.2) is 8.42 Å². The number of ether oxygens (including phenoxy) is 1. The van der Waals surface area contributed by atoms with Crippen LogP contribution in [0.5, 0.6) is 5.75 Å². The highest BCUT2D eigenvalue weighted by atomic mass is 32.2. The quantitative estimate of drug-likeness (QED) is 0.810. The molecule has 134 valence electrons. The van der Waals surface area contributed by atoms with Gasteiger partial charge in [0, 0.05) is 30.8 Å². The zero-order valence-corrected chi connectivity index (χ0v) is 15.2. The highest BCUT2D eigenvalue weighted by Gasteiger charge is 2.16. The molecular weight excluding hydrogens is 342 g/mol. The van der Waals surface area contributed by atoms with Gasteiger partial charge in [-0.05, 0) is 25.1 Å². The van der Waals surface area contributed by atoms with E-state index in [0.717, 1.165) is 28.7 Å². The van der Waals surface area contributed by atoms with Gasteiger partial charge in [-0.2, -0.15) is 5.10 Å². The molecule has 0 fully saturated rings. The highest BCUT2D eigenvalue weighted by molar-refractivity contribution is 7.93. The van der Waals surface area contributed by atoms with Crippen LogP contribution in [0.15, 0.2) is 41.8 Å². The number of rotatable bonds is 7. The highest BCUT2D eigenvalue weighted by Crippen LogP contribution is 2.29. The molecule has 0 saturated heterocycles. The Bertz CT molecular complexity index is 885.